The first-order valence-electron chi connectivity index (χ1n) is 7.17. The Bertz CT molecular complexity index is 678. The summed E-state index contributed by atoms with van der Waals surface area (Å²) in [5.74, 6) is -0.486. The summed E-state index contributed by atoms with van der Waals surface area (Å²) in [7, 11) is 0. The average molecular weight is 292 g/mol. The van der Waals surface area contributed by atoms with E-state index in [4.69, 9.17) is 0 Å². The van der Waals surface area contributed by atoms with Gasteiger partial charge in [-0.25, -0.2) is 9.37 Å². The van der Waals surface area contributed by atoms with Crippen LogP contribution in [-0.4, -0.2) is 20.6 Å². The maximum atomic E-state index is 13.4. The summed E-state index contributed by atoms with van der Waals surface area (Å²) in [5.41, 5.74) is 0.515. The van der Waals surface area contributed by atoms with Crippen molar-refractivity contribution in [3.63, 3.8) is 0 Å². The zero-order chi connectivity index (χ0) is 15.8. The molecule has 0 spiro atoms. The molecular formula is C16H21FN2O2. The van der Waals surface area contributed by atoms with Crippen molar-refractivity contribution < 1.29 is 14.3 Å². The fraction of sp³-hybridized carbons (Fsp3) is 0.500. The predicted molar refractivity (Wildman–Crippen MR) is 79.6 cm³/mol. The monoisotopic (exact) mass is 292 g/mol. The standard InChI is InChI=1S/C16H21FN2O2/c1-5-19-13-8-11(17)6-7-12(13)18-14(19)9-16(4,10(2)3)15(20)21/h6-8,10H,5,9H2,1-4H3,(H,20,21). The van der Waals surface area contributed by atoms with Crippen LogP contribution in [-0.2, 0) is 17.8 Å². The number of carboxylic acid groups (broad SMARTS) is 1. The Morgan fingerprint density at radius 1 is 1.48 bits per heavy atom. The summed E-state index contributed by atoms with van der Waals surface area (Å²) in [4.78, 5) is 16.1. The largest absolute Gasteiger partial charge is 0.481 e. The minimum absolute atomic E-state index is 0.0307. The van der Waals surface area contributed by atoms with Crippen molar-refractivity contribution in [2.45, 2.75) is 40.7 Å². The number of carbonyl (C=O) groups is 1. The molecule has 21 heavy (non-hydrogen) atoms. The average Bonchev–Trinajstić information content (AvgIpc) is 2.74. The minimum atomic E-state index is -0.896. The Kier molecular flexibility index (Phi) is 4.03. The summed E-state index contributed by atoms with van der Waals surface area (Å²) in [6, 6.07) is 4.45. The highest BCUT2D eigenvalue weighted by atomic mass is 19.1. The summed E-state index contributed by atoms with van der Waals surface area (Å²) in [6.07, 6.45) is 0.324. The van der Waals surface area contributed by atoms with E-state index >= 15 is 0 Å². The molecule has 5 heteroatoms. The zero-order valence-corrected chi connectivity index (χ0v) is 12.9. The lowest BCUT2D eigenvalue weighted by Crippen LogP contribution is -2.36. The summed E-state index contributed by atoms with van der Waals surface area (Å²) in [6.45, 7) is 8.10. The fourth-order valence-corrected chi connectivity index (χ4v) is 2.49. The van der Waals surface area contributed by atoms with Crippen LogP contribution in [0, 0.1) is 17.2 Å². The van der Waals surface area contributed by atoms with E-state index in [1.165, 1.54) is 12.1 Å². The van der Waals surface area contributed by atoms with Crippen LogP contribution in [0.5, 0.6) is 0 Å². The number of hydrogen-bond acceptors (Lipinski definition) is 2. The molecule has 1 heterocycles. The molecule has 0 aliphatic rings. The van der Waals surface area contributed by atoms with Gasteiger partial charge in [-0.05, 0) is 38.0 Å². The molecule has 0 saturated heterocycles. The van der Waals surface area contributed by atoms with E-state index in [0.717, 1.165) is 0 Å². The molecule has 0 aliphatic carbocycles. The van der Waals surface area contributed by atoms with Crippen molar-refractivity contribution >= 4 is 17.0 Å². The quantitative estimate of drug-likeness (QED) is 0.917. The number of aromatic nitrogens is 2. The zero-order valence-electron chi connectivity index (χ0n) is 12.9. The van der Waals surface area contributed by atoms with Crippen molar-refractivity contribution in [2.24, 2.45) is 11.3 Å². The molecule has 0 radical (unpaired) electrons. The number of carboxylic acids is 1. The molecule has 0 fully saturated rings. The second-order valence-corrected chi connectivity index (χ2v) is 5.96. The van der Waals surface area contributed by atoms with Gasteiger partial charge in [0.1, 0.15) is 11.6 Å². The van der Waals surface area contributed by atoms with Gasteiger partial charge >= 0.3 is 5.97 Å². The molecule has 4 nitrogen and oxygen atoms in total. The molecule has 0 aliphatic heterocycles. The first-order valence-corrected chi connectivity index (χ1v) is 7.17. The molecule has 2 rings (SSSR count). The Hall–Kier alpha value is -1.91. The normalized spacial score (nSPS) is 14.6. The maximum Gasteiger partial charge on any atom is 0.310 e. The second-order valence-electron chi connectivity index (χ2n) is 5.96. The Labute approximate surface area is 123 Å². The molecule has 1 aromatic heterocycles. The van der Waals surface area contributed by atoms with Crippen LogP contribution >= 0.6 is 0 Å². The van der Waals surface area contributed by atoms with Crippen molar-refractivity contribution in [3.05, 3.63) is 29.8 Å². The lowest BCUT2D eigenvalue weighted by atomic mass is 9.76. The first-order chi connectivity index (χ1) is 9.79. The second kappa shape index (κ2) is 5.47. The predicted octanol–water partition coefficient (Wildman–Crippen LogP) is 3.48. The van der Waals surface area contributed by atoms with Gasteiger partial charge in [0.15, 0.2) is 0 Å². The number of benzene rings is 1. The number of aliphatic carboxylic acids is 1. The summed E-state index contributed by atoms with van der Waals surface area (Å²) in [5, 5.41) is 9.55. The van der Waals surface area contributed by atoms with E-state index in [9.17, 15) is 14.3 Å². The highest BCUT2D eigenvalue weighted by Gasteiger charge is 2.38. The topological polar surface area (TPSA) is 55.1 Å². The van der Waals surface area contributed by atoms with Crippen LogP contribution < -0.4 is 0 Å². The van der Waals surface area contributed by atoms with Gasteiger partial charge in [0, 0.05) is 13.0 Å². The van der Waals surface area contributed by atoms with Gasteiger partial charge in [0.05, 0.1) is 16.4 Å². The lowest BCUT2D eigenvalue weighted by molar-refractivity contribution is -0.150. The Morgan fingerprint density at radius 3 is 2.67 bits per heavy atom. The third-order valence-corrected chi connectivity index (χ3v) is 4.39. The van der Waals surface area contributed by atoms with Crippen LogP contribution in [0.3, 0.4) is 0 Å². The third-order valence-electron chi connectivity index (χ3n) is 4.39. The Morgan fingerprint density at radius 2 is 2.14 bits per heavy atom. The number of imidazole rings is 1. The Balaban J connectivity index is 2.54. The molecule has 0 saturated carbocycles. The molecular weight excluding hydrogens is 271 g/mol. The van der Waals surface area contributed by atoms with Gasteiger partial charge in [0.2, 0.25) is 0 Å². The highest BCUT2D eigenvalue weighted by Crippen LogP contribution is 2.32. The van der Waals surface area contributed by atoms with Crippen LogP contribution in [0.1, 0.15) is 33.5 Å². The van der Waals surface area contributed by atoms with Gasteiger partial charge in [-0.3, -0.25) is 4.79 Å². The number of hydrogen-bond donors (Lipinski definition) is 1. The van der Waals surface area contributed by atoms with Crippen LogP contribution in [0.25, 0.3) is 11.0 Å². The van der Waals surface area contributed by atoms with Gasteiger partial charge in [-0.1, -0.05) is 13.8 Å². The molecule has 1 aromatic carbocycles. The SMILES string of the molecule is CCn1c(CC(C)(C(=O)O)C(C)C)nc2ccc(F)cc21. The van der Waals surface area contributed by atoms with Crippen molar-refractivity contribution in [3.8, 4) is 0 Å². The van der Waals surface area contributed by atoms with Gasteiger partial charge in [0.25, 0.3) is 0 Å². The van der Waals surface area contributed by atoms with Gasteiger partial charge < -0.3 is 9.67 Å². The van der Waals surface area contributed by atoms with Crippen molar-refractivity contribution in [1.29, 1.82) is 0 Å². The van der Waals surface area contributed by atoms with Crippen LogP contribution in [0.2, 0.25) is 0 Å². The van der Waals surface area contributed by atoms with Crippen molar-refractivity contribution in [1.82, 2.24) is 9.55 Å². The minimum Gasteiger partial charge on any atom is -0.481 e. The number of nitrogens with zero attached hydrogens (tertiary/aromatic N) is 2. The summed E-state index contributed by atoms with van der Waals surface area (Å²) >= 11 is 0. The lowest BCUT2D eigenvalue weighted by Gasteiger charge is -2.28. The molecule has 0 bridgehead atoms. The number of fused-ring (bicyclic) bond motifs is 1. The van der Waals surface area contributed by atoms with Gasteiger partial charge in [-0.2, -0.15) is 0 Å². The third kappa shape index (κ3) is 2.64. The molecule has 114 valence electrons. The van der Waals surface area contributed by atoms with E-state index in [0.29, 0.717) is 29.8 Å². The number of aryl methyl sites for hydroxylation is 1. The van der Waals surface area contributed by atoms with Crippen LogP contribution in [0.15, 0.2) is 18.2 Å². The molecule has 2 aromatic rings. The maximum absolute atomic E-state index is 13.4. The van der Waals surface area contributed by atoms with E-state index in [1.54, 1.807) is 13.0 Å². The van der Waals surface area contributed by atoms with E-state index in [2.05, 4.69) is 4.98 Å². The van der Waals surface area contributed by atoms with Crippen LogP contribution in [0.4, 0.5) is 4.39 Å². The van der Waals surface area contributed by atoms with Gasteiger partial charge in [-0.15, -0.1) is 0 Å². The van der Waals surface area contributed by atoms with E-state index < -0.39 is 11.4 Å². The number of halogens is 1. The summed E-state index contributed by atoms with van der Waals surface area (Å²) < 4.78 is 15.3. The van der Waals surface area contributed by atoms with E-state index in [1.807, 2.05) is 25.3 Å². The highest BCUT2D eigenvalue weighted by molar-refractivity contribution is 5.77. The van der Waals surface area contributed by atoms with Crippen molar-refractivity contribution in [2.75, 3.05) is 0 Å². The van der Waals surface area contributed by atoms with E-state index in [-0.39, 0.29) is 11.7 Å². The molecule has 1 atom stereocenters. The fourth-order valence-electron chi connectivity index (χ4n) is 2.49. The molecule has 1 N–H and O–H groups in total. The molecule has 1 unspecified atom stereocenters. The first kappa shape index (κ1) is 15.5. The smallest absolute Gasteiger partial charge is 0.310 e. The number of rotatable bonds is 5. The molecule has 0 amide bonds.